The van der Waals surface area contributed by atoms with Crippen LogP contribution in [0.5, 0.6) is 0 Å². The largest absolute Gasteiger partial charge is 0.326 e. The van der Waals surface area contributed by atoms with Gasteiger partial charge in [0.15, 0.2) is 5.13 Å². The second-order valence-electron chi connectivity index (χ2n) is 6.83. The van der Waals surface area contributed by atoms with Crippen LogP contribution in [0.25, 0.3) is 11.3 Å². The van der Waals surface area contributed by atoms with Gasteiger partial charge in [-0.15, -0.1) is 11.3 Å². The zero-order chi connectivity index (χ0) is 21.5. The van der Waals surface area contributed by atoms with Crippen molar-refractivity contribution < 1.29 is 18.0 Å². The van der Waals surface area contributed by atoms with Crippen molar-refractivity contribution in [2.45, 2.75) is 12.5 Å². The Morgan fingerprint density at radius 1 is 1.30 bits per heavy atom. The van der Waals surface area contributed by atoms with Crippen LogP contribution < -0.4 is 5.32 Å². The van der Waals surface area contributed by atoms with E-state index in [1.165, 1.54) is 34.7 Å². The number of hydrogen-bond donors (Lipinski definition) is 1. The van der Waals surface area contributed by atoms with E-state index in [9.17, 15) is 18.0 Å². The van der Waals surface area contributed by atoms with Crippen LogP contribution in [0.3, 0.4) is 0 Å². The average molecular weight is 509 g/mol. The van der Waals surface area contributed by atoms with Gasteiger partial charge in [-0.3, -0.25) is 13.6 Å². The first kappa shape index (κ1) is 20.8. The lowest BCUT2D eigenvalue weighted by Gasteiger charge is -2.39. The first-order valence-electron chi connectivity index (χ1n) is 8.94. The maximum atomic E-state index is 12.7. The predicted molar refractivity (Wildman–Crippen MR) is 118 cm³/mol. The summed E-state index contributed by atoms with van der Waals surface area (Å²) in [6, 6.07) is 8.52. The van der Waals surface area contributed by atoms with Gasteiger partial charge >= 0.3 is 0 Å². The lowest BCUT2D eigenvalue weighted by Crippen LogP contribution is -2.56. The Hall–Kier alpha value is -2.50. The highest BCUT2D eigenvalue weighted by atomic mass is 79.9. The Morgan fingerprint density at radius 3 is 2.73 bits per heavy atom. The van der Waals surface area contributed by atoms with E-state index in [4.69, 9.17) is 0 Å². The number of carbonyl (C=O) groups is 2. The molecule has 1 aliphatic heterocycles. The summed E-state index contributed by atoms with van der Waals surface area (Å²) >= 11 is 4.74. The fourth-order valence-electron chi connectivity index (χ4n) is 3.08. The van der Waals surface area contributed by atoms with E-state index in [0.29, 0.717) is 18.1 Å². The monoisotopic (exact) mass is 508 g/mol. The molecule has 11 heteroatoms. The molecule has 156 valence electrons. The number of hydrogen-bond acceptors (Lipinski definition) is 6. The molecule has 1 fully saturated rings. The highest BCUT2D eigenvalue weighted by Gasteiger charge is 2.38. The molecule has 1 aromatic carbocycles. The van der Waals surface area contributed by atoms with Crippen LogP contribution in [0.2, 0.25) is 0 Å². The van der Waals surface area contributed by atoms with Gasteiger partial charge < -0.3 is 10.2 Å². The van der Waals surface area contributed by atoms with E-state index in [0.717, 1.165) is 26.0 Å². The quantitative estimate of drug-likeness (QED) is 0.570. The van der Waals surface area contributed by atoms with Gasteiger partial charge in [0.1, 0.15) is 6.04 Å². The number of thiazole rings is 1. The molecule has 8 nitrogen and oxygen atoms in total. The van der Waals surface area contributed by atoms with Gasteiger partial charge in [0.25, 0.3) is 5.91 Å². The number of carbonyl (C=O) groups excluding carboxylic acids is 2. The Bertz CT molecular complexity index is 1230. The minimum atomic E-state index is -3.47. The molecular weight excluding hydrogens is 492 g/mol. The van der Waals surface area contributed by atoms with Crippen molar-refractivity contribution >= 4 is 54.2 Å². The maximum Gasteiger partial charge on any atom is 0.256 e. The van der Waals surface area contributed by atoms with E-state index in [1.54, 1.807) is 0 Å². The van der Waals surface area contributed by atoms with Gasteiger partial charge in [0, 0.05) is 34.4 Å². The summed E-state index contributed by atoms with van der Waals surface area (Å²) in [5.41, 5.74) is 1.90. The standard InChI is InChI=1S/C19H17BrN4O4S2/c1-30(27,28)23-7-5-13(10-23)18(26)24-8-6-16(24)17(25)22-19-21-15(11-29-19)12-3-2-4-14(20)9-12/h2-5,7,9-11,16H,6,8H2,1H3,(H,21,22,25)/t16-/m0/s1. The Balaban J connectivity index is 1.43. The van der Waals surface area contributed by atoms with Gasteiger partial charge in [0.2, 0.25) is 15.9 Å². The van der Waals surface area contributed by atoms with Crippen LogP contribution in [0, 0.1) is 0 Å². The smallest absolute Gasteiger partial charge is 0.256 e. The van der Waals surface area contributed by atoms with Crippen LogP contribution in [0.15, 0.2) is 52.6 Å². The number of aromatic nitrogens is 2. The molecule has 1 atom stereocenters. The summed E-state index contributed by atoms with van der Waals surface area (Å²) < 4.78 is 25.1. The number of amides is 2. The molecule has 0 unspecified atom stereocenters. The Kier molecular flexibility index (Phi) is 5.51. The normalized spacial score (nSPS) is 16.2. The summed E-state index contributed by atoms with van der Waals surface area (Å²) in [7, 11) is -3.47. The third-order valence-corrected chi connectivity index (χ3v) is 6.98. The van der Waals surface area contributed by atoms with E-state index in [2.05, 4.69) is 26.2 Å². The van der Waals surface area contributed by atoms with Crippen molar-refractivity contribution in [3.8, 4) is 11.3 Å². The van der Waals surface area contributed by atoms with Crippen molar-refractivity contribution in [3.63, 3.8) is 0 Å². The molecule has 3 aromatic rings. The molecule has 0 aliphatic carbocycles. The Labute approximate surface area is 185 Å². The molecular formula is C19H17BrN4O4S2. The fraction of sp³-hybridized carbons (Fsp3) is 0.211. The van der Waals surface area contributed by atoms with Crippen LogP contribution in [0.1, 0.15) is 16.8 Å². The molecule has 1 N–H and O–H groups in total. The lowest BCUT2D eigenvalue weighted by molar-refractivity contribution is -0.123. The molecule has 30 heavy (non-hydrogen) atoms. The minimum absolute atomic E-state index is 0.226. The van der Waals surface area contributed by atoms with Crippen molar-refractivity contribution in [1.29, 1.82) is 0 Å². The zero-order valence-corrected chi connectivity index (χ0v) is 19.0. The average Bonchev–Trinajstić information content (AvgIpc) is 3.30. The summed E-state index contributed by atoms with van der Waals surface area (Å²) in [5, 5.41) is 5.09. The molecule has 0 spiro atoms. The van der Waals surface area contributed by atoms with E-state index >= 15 is 0 Å². The van der Waals surface area contributed by atoms with Crippen LogP contribution in [-0.2, 0) is 14.8 Å². The second-order valence-corrected chi connectivity index (χ2v) is 10.5. The predicted octanol–water partition coefficient (Wildman–Crippen LogP) is 3.04. The number of likely N-dealkylation sites (tertiary alicyclic amines) is 1. The van der Waals surface area contributed by atoms with Gasteiger partial charge in [-0.05, 0) is 24.6 Å². The number of anilines is 1. The number of nitrogens with zero attached hydrogens (tertiary/aromatic N) is 3. The van der Waals surface area contributed by atoms with Gasteiger partial charge in [-0.25, -0.2) is 13.4 Å². The summed E-state index contributed by atoms with van der Waals surface area (Å²) in [6.07, 6.45) is 4.16. The number of benzene rings is 1. The highest BCUT2D eigenvalue weighted by molar-refractivity contribution is 9.10. The van der Waals surface area contributed by atoms with Crippen molar-refractivity contribution in [1.82, 2.24) is 13.9 Å². The van der Waals surface area contributed by atoms with Crippen molar-refractivity contribution in [2.24, 2.45) is 0 Å². The molecule has 0 radical (unpaired) electrons. The van der Waals surface area contributed by atoms with Crippen LogP contribution in [-0.4, -0.2) is 52.9 Å². The van der Waals surface area contributed by atoms with Crippen molar-refractivity contribution in [2.75, 3.05) is 18.1 Å². The Morgan fingerprint density at radius 2 is 2.10 bits per heavy atom. The number of rotatable bonds is 5. The van der Waals surface area contributed by atoms with E-state index in [-0.39, 0.29) is 17.4 Å². The van der Waals surface area contributed by atoms with E-state index in [1.807, 2.05) is 29.6 Å². The third-order valence-electron chi connectivity index (χ3n) is 4.74. The van der Waals surface area contributed by atoms with Gasteiger partial charge in [-0.2, -0.15) is 0 Å². The highest BCUT2D eigenvalue weighted by Crippen LogP contribution is 2.28. The van der Waals surface area contributed by atoms with Gasteiger partial charge in [0.05, 0.1) is 17.5 Å². The summed E-state index contributed by atoms with van der Waals surface area (Å²) in [6.45, 7) is 0.433. The molecule has 3 heterocycles. The molecule has 0 saturated carbocycles. The van der Waals surface area contributed by atoms with E-state index < -0.39 is 16.1 Å². The number of nitrogens with one attached hydrogen (secondary N) is 1. The zero-order valence-electron chi connectivity index (χ0n) is 15.8. The SMILES string of the molecule is CS(=O)(=O)n1ccc(C(=O)N2CC[C@H]2C(=O)Nc2nc(-c3cccc(Br)c3)cs2)c1. The lowest BCUT2D eigenvalue weighted by atomic mass is 10.0. The van der Waals surface area contributed by atoms with Crippen LogP contribution >= 0.6 is 27.3 Å². The van der Waals surface area contributed by atoms with Crippen LogP contribution in [0.4, 0.5) is 5.13 Å². The topological polar surface area (TPSA) is 101 Å². The second kappa shape index (κ2) is 7.97. The molecule has 2 amide bonds. The molecule has 0 bridgehead atoms. The molecule has 2 aromatic heterocycles. The molecule has 1 aliphatic rings. The van der Waals surface area contributed by atoms with Crippen molar-refractivity contribution in [3.05, 3.63) is 58.1 Å². The first-order chi connectivity index (χ1) is 14.2. The molecule has 4 rings (SSSR count). The number of halogens is 1. The fourth-order valence-corrected chi connectivity index (χ4v) is 4.79. The third kappa shape index (κ3) is 4.18. The summed E-state index contributed by atoms with van der Waals surface area (Å²) in [5.74, 6) is -0.690. The molecule has 1 saturated heterocycles. The summed E-state index contributed by atoms with van der Waals surface area (Å²) in [4.78, 5) is 31.2. The minimum Gasteiger partial charge on any atom is -0.326 e. The van der Waals surface area contributed by atoms with Gasteiger partial charge in [-0.1, -0.05) is 28.1 Å². The first-order valence-corrected chi connectivity index (χ1v) is 12.5. The maximum absolute atomic E-state index is 12.7.